The minimum Gasteiger partial charge on any atom is -0.495 e. The van der Waals surface area contributed by atoms with Gasteiger partial charge in [-0.1, -0.05) is 29.8 Å². The van der Waals surface area contributed by atoms with E-state index in [1.807, 2.05) is 31.2 Å². The number of nitrogens with zero attached hydrogens (tertiary/aromatic N) is 1. The van der Waals surface area contributed by atoms with Gasteiger partial charge in [0.2, 0.25) is 0 Å². The number of ether oxygens (including phenoxy) is 1. The van der Waals surface area contributed by atoms with Crippen molar-refractivity contribution in [1.82, 2.24) is 4.98 Å². The van der Waals surface area contributed by atoms with Gasteiger partial charge >= 0.3 is 0 Å². The Morgan fingerprint density at radius 1 is 1.08 bits per heavy atom. The highest BCUT2D eigenvalue weighted by Gasteiger charge is 2.10. The van der Waals surface area contributed by atoms with Gasteiger partial charge in [0.1, 0.15) is 11.6 Å². The molecule has 0 atom stereocenters. The number of methoxy groups -OCH3 is 1. The quantitative estimate of drug-likeness (QED) is 0.662. The number of nitrogens with one attached hydrogen (secondary N) is 2. The first kappa shape index (κ1) is 17.8. The summed E-state index contributed by atoms with van der Waals surface area (Å²) in [5.41, 5.74) is 2.91. The number of carbonyl (C=O) groups is 1. The highest BCUT2D eigenvalue weighted by atomic mass is 35.5. The SMILES string of the molecule is COc1ccc(C)cc1Nc1ccc(C(=O)Nc2ccccc2Cl)cn1. The van der Waals surface area contributed by atoms with E-state index in [0.717, 1.165) is 17.0 Å². The van der Waals surface area contributed by atoms with Crippen LogP contribution in [0.2, 0.25) is 5.02 Å². The number of hydrogen-bond acceptors (Lipinski definition) is 4. The Labute approximate surface area is 157 Å². The molecule has 0 bridgehead atoms. The van der Waals surface area contributed by atoms with Crippen molar-refractivity contribution >= 4 is 34.7 Å². The predicted molar refractivity (Wildman–Crippen MR) is 105 cm³/mol. The van der Waals surface area contributed by atoms with Crippen LogP contribution in [0.4, 0.5) is 17.2 Å². The lowest BCUT2D eigenvalue weighted by atomic mass is 10.2. The first-order valence-corrected chi connectivity index (χ1v) is 8.38. The highest BCUT2D eigenvalue weighted by molar-refractivity contribution is 6.33. The average molecular weight is 368 g/mol. The van der Waals surface area contributed by atoms with Gasteiger partial charge in [0.15, 0.2) is 0 Å². The third-order valence-electron chi connectivity index (χ3n) is 3.77. The lowest BCUT2D eigenvalue weighted by Crippen LogP contribution is -2.12. The van der Waals surface area contributed by atoms with Gasteiger partial charge < -0.3 is 15.4 Å². The molecule has 132 valence electrons. The Balaban J connectivity index is 1.73. The Kier molecular flexibility index (Phi) is 5.39. The van der Waals surface area contributed by atoms with Crippen molar-refractivity contribution in [3.8, 4) is 5.75 Å². The standard InChI is InChI=1S/C20H18ClN3O2/c1-13-7-9-18(26-2)17(11-13)23-19-10-8-14(12-22-19)20(25)24-16-6-4-3-5-15(16)21/h3-12H,1-2H3,(H,22,23)(H,24,25). The summed E-state index contributed by atoms with van der Waals surface area (Å²) in [7, 11) is 1.62. The molecule has 0 aliphatic carbocycles. The Hall–Kier alpha value is -3.05. The number of anilines is 3. The van der Waals surface area contributed by atoms with E-state index in [0.29, 0.717) is 22.1 Å². The number of benzene rings is 2. The van der Waals surface area contributed by atoms with Crippen molar-refractivity contribution in [3.63, 3.8) is 0 Å². The van der Waals surface area contributed by atoms with E-state index >= 15 is 0 Å². The summed E-state index contributed by atoms with van der Waals surface area (Å²) in [6.07, 6.45) is 1.51. The summed E-state index contributed by atoms with van der Waals surface area (Å²) >= 11 is 6.06. The second-order valence-electron chi connectivity index (χ2n) is 5.69. The van der Waals surface area contributed by atoms with E-state index in [2.05, 4.69) is 15.6 Å². The van der Waals surface area contributed by atoms with Crippen LogP contribution in [0, 0.1) is 6.92 Å². The maximum absolute atomic E-state index is 12.3. The third kappa shape index (κ3) is 4.13. The first-order valence-electron chi connectivity index (χ1n) is 8.00. The van der Waals surface area contributed by atoms with Crippen molar-refractivity contribution in [3.05, 3.63) is 76.9 Å². The van der Waals surface area contributed by atoms with E-state index in [1.54, 1.807) is 37.4 Å². The van der Waals surface area contributed by atoms with Gasteiger partial charge in [0, 0.05) is 6.20 Å². The smallest absolute Gasteiger partial charge is 0.257 e. The Morgan fingerprint density at radius 3 is 2.58 bits per heavy atom. The summed E-state index contributed by atoms with van der Waals surface area (Å²) in [6.45, 7) is 2.00. The molecule has 1 aromatic heterocycles. The van der Waals surface area contributed by atoms with E-state index in [1.165, 1.54) is 6.20 Å². The topological polar surface area (TPSA) is 63.2 Å². The van der Waals surface area contributed by atoms with Crippen LogP contribution in [0.15, 0.2) is 60.8 Å². The second kappa shape index (κ2) is 7.89. The average Bonchev–Trinajstić information content (AvgIpc) is 2.64. The summed E-state index contributed by atoms with van der Waals surface area (Å²) in [5, 5.41) is 6.46. The molecule has 0 saturated heterocycles. The zero-order valence-corrected chi connectivity index (χ0v) is 15.2. The third-order valence-corrected chi connectivity index (χ3v) is 4.10. The predicted octanol–water partition coefficient (Wildman–Crippen LogP) is 5.05. The van der Waals surface area contributed by atoms with Gasteiger partial charge in [-0.05, 0) is 48.9 Å². The van der Waals surface area contributed by atoms with Gasteiger partial charge in [-0.25, -0.2) is 4.98 Å². The van der Waals surface area contributed by atoms with E-state index in [4.69, 9.17) is 16.3 Å². The summed E-state index contributed by atoms with van der Waals surface area (Å²) in [4.78, 5) is 16.6. The molecule has 3 aromatic rings. The number of halogens is 1. The van der Waals surface area contributed by atoms with Crippen molar-refractivity contribution < 1.29 is 9.53 Å². The molecule has 0 unspecified atom stereocenters. The molecule has 2 aromatic carbocycles. The molecule has 26 heavy (non-hydrogen) atoms. The maximum atomic E-state index is 12.3. The molecule has 0 aliphatic rings. The molecule has 0 saturated carbocycles. The van der Waals surface area contributed by atoms with E-state index < -0.39 is 0 Å². The fourth-order valence-electron chi connectivity index (χ4n) is 2.42. The number of para-hydroxylation sites is 1. The molecular weight excluding hydrogens is 350 g/mol. The Morgan fingerprint density at radius 2 is 1.88 bits per heavy atom. The molecule has 0 fully saturated rings. The fraction of sp³-hybridized carbons (Fsp3) is 0.100. The number of hydrogen-bond donors (Lipinski definition) is 2. The first-order chi connectivity index (χ1) is 12.6. The minimum absolute atomic E-state index is 0.273. The molecular formula is C20H18ClN3O2. The molecule has 1 heterocycles. The van der Waals surface area contributed by atoms with Gasteiger partial charge in [0.05, 0.1) is 29.1 Å². The van der Waals surface area contributed by atoms with E-state index in [-0.39, 0.29) is 5.91 Å². The number of rotatable bonds is 5. The Bertz CT molecular complexity index is 927. The van der Waals surface area contributed by atoms with Crippen molar-refractivity contribution in [2.45, 2.75) is 6.92 Å². The highest BCUT2D eigenvalue weighted by Crippen LogP contribution is 2.28. The number of amides is 1. The van der Waals surface area contributed by atoms with Crippen LogP contribution in [0.5, 0.6) is 5.75 Å². The number of carbonyl (C=O) groups excluding carboxylic acids is 1. The van der Waals surface area contributed by atoms with Crippen LogP contribution in [0.3, 0.4) is 0 Å². The van der Waals surface area contributed by atoms with Crippen LogP contribution in [0.25, 0.3) is 0 Å². The zero-order chi connectivity index (χ0) is 18.5. The summed E-state index contributed by atoms with van der Waals surface area (Å²) < 4.78 is 5.35. The lowest BCUT2D eigenvalue weighted by molar-refractivity contribution is 0.102. The maximum Gasteiger partial charge on any atom is 0.257 e. The van der Waals surface area contributed by atoms with Crippen LogP contribution < -0.4 is 15.4 Å². The zero-order valence-electron chi connectivity index (χ0n) is 14.4. The van der Waals surface area contributed by atoms with Crippen LogP contribution >= 0.6 is 11.6 Å². The molecule has 0 spiro atoms. The van der Waals surface area contributed by atoms with Gasteiger partial charge in [-0.3, -0.25) is 4.79 Å². The minimum atomic E-state index is -0.273. The second-order valence-corrected chi connectivity index (χ2v) is 6.10. The lowest BCUT2D eigenvalue weighted by Gasteiger charge is -2.12. The van der Waals surface area contributed by atoms with Gasteiger partial charge in [-0.2, -0.15) is 0 Å². The monoisotopic (exact) mass is 367 g/mol. The number of pyridine rings is 1. The summed E-state index contributed by atoms with van der Waals surface area (Å²) in [6, 6.07) is 16.3. The summed E-state index contributed by atoms with van der Waals surface area (Å²) in [5.74, 6) is 1.06. The van der Waals surface area contributed by atoms with E-state index in [9.17, 15) is 4.79 Å². The molecule has 6 heteroatoms. The van der Waals surface area contributed by atoms with Crippen molar-refractivity contribution in [1.29, 1.82) is 0 Å². The van der Waals surface area contributed by atoms with Gasteiger partial charge in [0.25, 0.3) is 5.91 Å². The van der Waals surface area contributed by atoms with Crippen molar-refractivity contribution in [2.24, 2.45) is 0 Å². The fourth-order valence-corrected chi connectivity index (χ4v) is 2.60. The molecule has 3 rings (SSSR count). The number of aryl methyl sites for hydroxylation is 1. The molecule has 0 radical (unpaired) electrons. The largest absolute Gasteiger partial charge is 0.495 e. The number of aromatic nitrogens is 1. The van der Waals surface area contributed by atoms with Crippen molar-refractivity contribution in [2.75, 3.05) is 17.7 Å². The van der Waals surface area contributed by atoms with Crippen LogP contribution in [-0.4, -0.2) is 18.0 Å². The molecule has 2 N–H and O–H groups in total. The van der Waals surface area contributed by atoms with Crippen LogP contribution in [-0.2, 0) is 0 Å². The molecule has 1 amide bonds. The van der Waals surface area contributed by atoms with Crippen LogP contribution in [0.1, 0.15) is 15.9 Å². The van der Waals surface area contributed by atoms with Gasteiger partial charge in [-0.15, -0.1) is 0 Å². The molecule has 0 aliphatic heterocycles. The molecule has 5 nitrogen and oxygen atoms in total. The normalized spacial score (nSPS) is 10.3.